The predicted octanol–water partition coefficient (Wildman–Crippen LogP) is 4.73. The van der Waals surface area contributed by atoms with Gasteiger partial charge in [-0.25, -0.2) is 17.8 Å². The van der Waals surface area contributed by atoms with Crippen LogP contribution in [0.3, 0.4) is 0 Å². The average Bonchev–Trinajstić information content (AvgIpc) is 3.08. The first-order chi connectivity index (χ1) is 14.0. The van der Waals surface area contributed by atoms with Gasteiger partial charge in [0.2, 0.25) is 5.91 Å². The number of rotatable bonds is 5. The molecule has 0 radical (unpaired) electrons. The molecule has 0 aliphatic rings. The number of sulfonamides is 1. The fraction of sp³-hybridized carbons (Fsp3) is 0.111. The Morgan fingerprint density at radius 3 is 2.37 bits per heavy atom. The molecular weight excluding hydrogens is 446 g/mol. The van der Waals surface area contributed by atoms with E-state index in [-0.39, 0.29) is 21.6 Å². The lowest BCUT2D eigenvalue weighted by Crippen LogP contribution is -2.13. The van der Waals surface area contributed by atoms with Gasteiger partial charge < -0.3 is 5.32 Å². The van der Waals surface area contributed by atoms with Crippen molar-refractivity contribution in [3.8, 4) is 11.3 Å². The van der Waals surface area contributed by atoms with Gasteiger partial charge in [0.25, 0.3) is 10.0 Å². The van der Waals surface area contributed by atoms with Crippen LogP contribution in [-0.2, 0) is 21.0 Å². The smallest absolute Gasteiger partial charge is 0.326 e. The number of nitrogens with one attached hydrogen (secondary N) is 2. The number of hydrogen-bond donors (Lipinski definition) is 2. The van der Waals surface area contributed by atoms with E-state index in [1.165, 1.54) is 36.6 Å². The van der Waals surface area contributed by atoms with E-state index in [0.29, 0.717) is 23.9 Å². The molecule has 1 amide bonds. The Bertz CT molecular complexity index is 1190. The van der Waals surface area contributed by atoms with Gasteiger partial charge >= 0.3 is 6.18 Å². The van der Waals surface area contributed by atoms with Crippen molar-refractivity contribution in [2.24, 2.45) is 0 Å². The van der Waals surface area contributed by atoms with Crippen molar-refractivity contribution in [2.75, 3.05) is 10.0 Å². The van der Waals surface area contributed by atoms with Gasteiger partial charge in [-0.15, -0.1) is 11.3 Å². The fourth-order valence-corrected chi connectivity index (χ4v) is 4.40. The van der Waals surface area contributed by atoms with Gasteiger partial charge in [0.15, 0.2) is 5.13 Å². The minimum Gasteiger partial charge on any atom is -0.326 e. The van der Waals surface area contributed by atoms with Gasteiger partial charge in [-0.2, -0.15) is 13.2 Å². The Balaban J connectivity index is 1.84. The third-order valence-corrected chi connectivity index (χ3v) is 6.02. The van der Waals surface area contributed by atoms with Crippen molar-refractivity contribution in [1.29, 1.82) is 0 Å². The van der Waals surface area contributed by atoms with Crippen LogP contribution < -0.4 is 10.0 Å². The first-order valence-electron chi connectivity index (χ1n) is 8.19. The van der Waals surface area contributed by atoms with Gasteiger partial charge in [0.1, 0.15) is 5.82 Å². The standard InChI is InChI=1S/C18H13F4N3O3S2/c1-10(26)23-12-3-5-13(6-4-12)30(27,28)25-17-24-16(9-29-17)14-8-11(18(20,21)22)2-7-15(14)19/h2-9H,1H3,(H,23,26)(H,24,25). The first kappa shape index (κ1) is 21.7. The van der Waals surface area contributed by atoms with E-state index in [1.54, 1.807) is 0 Å². The average molecular weight is 459 g/mol. The molecule has 0 aliphatic carbocycles. The molecule has 0 saturated carbocycles. The van der Waals surface area contributed by atoms with E-state index in [1.807, 2.05) is 0 Å². The van der Waals surface area contributed by atoms with Gasteiger partial charge in [-0.3, -0.25) is 9.52 Å². The summed E-state index contributed by atoms with van der Waals surface area (Å²) in [6.45, 7) is 1.31. The molecule has 12 heteroatoms. The lowest BCUT2D eigenvalue weighted by atomic mass is 10.1. The van der Waals surface area contributed by atoms with Crippen molar-refractivity contribution in [3.63, 3.8) is 0 Å². The molecule has 1 aromatic heterocycles. The van der Waals surface area contributed by atoms with E-state index in [2.05, 4.69) is 15.0 Å². The second kappa shape index (κ2) is 8.03. The van der Waals surface area contributed by atoms with E-state index in [9.17, 15) is 30.8 Å². The van der Waals surface area contributed by atoms with Crippen LogP contribution in [0.2, 0.25) is 0 Å². The third kappa shape index (κ3) is 4.94. The molecule has 0 spiro atoms. The number of halogens is 4. The molecule has 0 saturated heterocycles. The molecule has 6 nitrogen and oxygen atoms in total. The zero-order valence-corrected chi connectivity index (χ0v) is 16.8. The highest BCUT2D eigenvalue weighted by Gasteiger charge is 2.31. The second-order valence-electron chi connectivity index (χ2n) is 6.04. The first-order valence-corrected chi connectivity index (χ1v) is 10.5. The molecule has 0 unspecified atom stereocenters. The Kier molecular flexibility index (Phi) is 5.81. The minimum atomic E-state index is -4.66. The molecule has 3 aromatic rings. The number of aromatic nitrogens is 1. The topological polar surface area (TPSA) is 88.2 Å². The highest BCUT2D eigenvalue weighted by atomic mass is 32.2. The van der Waals surface area contributed by atoms with Crippen molar-refractivity contribution in [1.82, 2.24) is 4.98 Å². The number of carbonyl (C=O) groups excluding carboxylic acids is 1. The van der Waals surface area contributed by atoms with E-state index in [4.69, 9.17) is 0 Å². The molecule has 0 aliphatic heterocycles. The number of thiazole rings is 1. The Labute approximate surface area is 172 Å². The van der Waals surface area contributed by atoms with Crippen LogP contribution in [0.15, 0.2) is 52.7 Å². The Morgan fingerprint density at radius 2 is 1.77 bits per heavy atom. The van der Waals surface area contributed by atoms with Gasteiger partial charge in [0.05, 0.1) is 16.2 Å². The van der Waals surface area contributed by atoms with E-state index < -0.39 is 33.1 Å². The number of nitrogens with zero attached hydrogens (tertiary/aromatic N) is 1. The fourth-order valence-electron chi connectivity index (χ4n) is 2.44. The maximum atomic E-state index is 14.0. The normalized spacial score (nSPS) is 11.9. The summed E-state index contributed by atoms with van der Waals surface area (Å²) in [5.41, 5.74) is -1.18. The van der Waals surface area contributed by atoms with E-state index in [0.717, 1.165) is 11.3 Å². The molecule has 0 fully saturated rings. The summed E-state index contributed by atoms with van der Waals surface area (Å²) in [6.07, 6.45) is -4.66. The molecule has 2 N–H and O–H groups in total. The number of hydrogen-bond acceptors (Lipinski definition) is 5. The van der Waals surface area contributed by atoms with Crippen LogP contribution in [-0.4, -0.2) is 19.3 Å². The number of anilines is 2. The summed E-state index contributed by atoms with van der Waals surface area (Å²) < 4.78 is 79.8. The van der Waals surface area contributed by atoms with Crippen LogP contribution >= 0.6 is 11.3 Å². The van der Waals surface area contributed by atoms with Crippen LogP contribution in [0.1, 0.15) is 12.5 Å². The molecular formula is C18H13F4N3O3S2. The van der Waals surface area contributed by atoms with Crippen LogP contribution in [0, 0.1) is 5.82 Å². The van der Waals surface area contributed by atoms with Crippen LogP contribution in [0.4, 0.5) is 28.4 Å². The molecule has 3 rings (SSSR count). The molecule has 158 valence electrons. The van der Waals surface area contributed by atoms with E-state index >= 15 is 0 Å². The maximum Gasteiger partial charge on any atom is 0.416 e. The summed E-state index contributed by atoms with van der Waals surface area (Å²) in [4.78, 5) is 14.8. The summed E-state index contributed by atoms with van der Waals surface area (Å²) in [5, 5.41) is 3.60. The summed E-state index contributed by atoms with van der Waals surface area (Å²) in [7, 11) is -4.06. The third-order valence-electron chi connectivity index (χ3n) is 3.78. The van der Waals surface area contributed by atoms with Crippen molar-refractivity contribution >= 4 is 38.1 Å². The number of carbonyl (C=O) groups is 1. The van der Waals surface area contributed by atoms with Crippen LogP contribution in [0.5, 0.6) is 0 Å². The highest BCUT2D eigenvalue weighted by Crippen LogP contribution is 2.34. The largest absolute Gasteiger partial charge is 0.416 e. The summed E-state index contributed by atoms with van der Waals surface area (Å²) in [6, 6.07) is 7.20. The lowest BCUT2D eigenvalue weighted by molar-refractivity contribution is -0.137. The Morgan fingerprint density at radius 1 is 1.10 bits per heavy atom. The summed E-state index contributed by atoms with van der Waals surface area (Å²) in [5.74, 6) is -1.24. The van der Waals surface area contributed by atoms with Gasteiger partial charge in [-0.1, -0.05) is 0 Å². The second-order valence-corrected chi connectivity index (χ2v) is 8.58. The van der Waals surface area contributed by atoms with Gasteiger partial charge in [-0.05, 0) is 42.5 Å². The monoisotopic (exact) mass is 459 g/mol. The maximum absolute atomic E-state index is 14.0. The van der Waals surface area contributed by atoms with Crippen molar-refractivity contribution in [3.05, 3.63) is 59.2 Å². The minimum absolute atomic E-state index is 0.126. The molecule has 1 heterocycles. The SMILES string of the molecule is CC(=O)Nc1ccc(S(=O)(=O)Nc2nc(-c3cc(C(F)(F)F)ccc3F)cs2)cc1. The van der Waals surface area contributed by atoms with Crippen molar-refractivity contribution < 1.29 is 30.8 Å². The quantitative estimate of drug-likeness (QED) is 0.540. The Hall–Kier alpha value is -2.99. The van der Waals surface area contributed by atoms with Gasteiger partial charge in [0, 0.05) is 23.6 Å². The molecule has 2 aromatic carbocycles. The highest BCUT2D eigenvalue weighted by molar-refractivity contribution is 7.93. The number of benzene rings is 2. The number of alkyl halides is 3. The zero-order valence-electron chi connectivity index (χ0n) is 15.1. The number of amides is 1. The predicted molar refractivity (Wildman–Crippen MR) is 104 cm³/mol. The van der Waals surface area contributed by atoms with Crippen molar-refractivity contribution in [2.45, 2.75) is 18.0 Å². The summed E-state index contributed by atoms with van der Waals surface area (Å²) >= 11 is 0.793. The lowest BCUT2D eigenvalue weighted by Gasteiger charge is -2.08. The molecule has 0 bridgehead atoms. The molecule has 0 atom stereocenters. The zero-order chi connectivity index (χ0) is 22.1. The molecule has 30 heavy (non-hydrogen) atoms. The van der Waals surface area contributed by atoms with Crippen LogP contribution in [0.25, 0.3) is 11.3 Å².